The summed E-state index contributed by atoms with van der Waals surface area (Å²) in [7, 11) is 0. The molecular weight excluding hydrogens is 332 g/mol. The van der Waals surface area contributed by atoms with Gasteiger partial charge in [0, 0.05) is 5.69 Å². The molecule has 2 atom stereocenters. The molecule has 0 aromatic heterocycles. The predicted octanol–water partition coefficient (Wildman–Crippen LogP) is 3.20. The molecule has 2 aromatic rings. The van der Waals surface area contributed by atoms with Crippen molar-refractivity contribution in [2.75, 3.05) is 5.32 Å². The molecule has 0 heterocycles. The first-order chi connectivity index (χ1) is 12.4. The zero-order chi connectivity index (χ0) is 19.1. The molecule has 6 nitrogen and oxygen atoms in total. The molecule has 1 N–H and O–H groups in total. The van der Waals surface area contributed by atoms with Crippen LogP contribution in [0.1, 0.15) is 25.0 Å². The second-order valence-corrected chi connectivity index (χ2v) is 5.83. The molecule has 0 radical (unpaired) electrons. The number of anilines is 1. The smallest absolute Gasteiger partial charge is 0.347 e. The summed E-state index contributed by atoms with van der Waals surface area (Å²) in [5, 5.41) is 11.4. The van der Waals surface area contributed by atoms with Crippen LogP contribution in [0, 0.1) is 18.3 Å². The molecular formula is C20H20N2O4. The quantitative estimate of drug-likeness (QED) is 0.807. The average molecular weight is 352 g/mol. The number of amides is 1. The number of nitrogens with one attached hydrogen (secondary N) is 1. The molecule has 1 amide bonds. The number of hydrogen-bond donors (Lipinski definition) is 1. The number of hydrogen-bond acceptors (Lipinski definition) is 5. The van der Waals surface area contributed by atoms with Gasteiger partial charge in [0.1, 0.15) is 5.75 Å². The van der Waals surface area contributed by atoms with Gasteiger partial charge in [-0.15, -0.1) is 0 Å². The van der Waals surface area contributed by atoms with Crippen LogP contribution in [0.2, 0.25) is 0 Å². The Morgan fingerprint density at radius 3 is 2.38 bits per heavy atom. The number of carbonyl (C=O) groups excluding carboxylic acids is 2. The average Bonchev–Trinajstić information content (AvgIpc) is 2.62. The number of benzene rings is 2. The Morgan fingerprint density at radius 2 is 1.77 bits per heavy atom. The fraction of sp³-hybridized carbons (Fsp3) is 0.250. The van der Waals surface area contributed by atoms with Crippen LogP contribution in [-0.2, 0) is 14.3 Å². The molecule has 0 saturated carbocycles. The fourth-order valence-corrected chi connectivity index (χ4v) is 2.14. The van der Waals surface area contributed by atoms with Crippen molar-refractivity contribution in [2.45, 2.75) is 33.0 Å². The normalized spacial score (nSPS) is 12.4. The summed E-state index contributed by atoms with van der Waals surface area (Å²) in [6.45, 7) is 4.97. The number of aryl methyl sites for hydroxylation is 1. The van der Waals surface area contributed by atoms with Crippen LogP contribution < -0.4 is 10.1 Å². The Morgan fingerprint density at radius 1 is 1.08 bits per heavy atom. The zero-order valence-electron chi connectivity index (χ0n) is 14.9. The first-order valence-corrected chi connectivity index (χ1v) is 8.14. The van der Waals surface area contributed by atoms with Crippen molar-refractivity contribution in [3.63, 3.8) is 0 Å². The minimum absolute atomic E-state index is 0.467. The van der Waals surface area contributed by atoms with Crippen molar-refractivity contribution in [3.8, 4) is 11.8 Å². The third kappa shape index (κ3) is 5.35. The molecule has 0 bridgehead atoms. The summed E-state index contributed by atoms with van der Waals surface area (Å²) in [5.74, 6) is -0.538. The highest BCUT2D eigenvalue weighted by atomic mass is 16.6. The van der Waals surface area contributed by atoms with Crippen LogP contribution in [0.15, 0.2) is 48.5 Å². The highest BCUT2D eigenvalue weighted by Gasteiger charge is 2.23. The number of ether oxygens (including phenoxy) is 2. The Labute approximate surface area is 152 Å². The Bertz CT molecular complexity index is 824. The van der Waals surface area contributed by atoms with Gasteiger partial charge in [0.2, 0.25) is 0 Å². The van der Waals surface area contributed by atoms with Crippen LogP contribution in [-0.4, -0.2) is 24.1 Å². The summed E-state index contributed by atoms with van der Waals surface area (Å²) < 4.78 is 10.7. The highest BCUT2D eigenvalue weighted by molar-refractivity contribution is 5.95. The van der Waals surface area contributed by atoms with Gasteiger partial charge in [0.15, 0.2) is 12.2 Å². The van der Waals surface area contributed by atoms with Gasteiger partial charge in [-0.1, -0.05) is 12.1 Å². The molecule has 2 aromatic carbocycles. The van der Waals surface area contributed by atoms with Crippen LogP contribution >= 0.6 is 0 Å². The second kappa shape index (κ2) is 8.67. The lowest BCUT2D eigenvalue weighted by Crippen LogP contribution is -2.35. The molecule has 0 aliphatic carbocycles. The monoisotopic (exact) mass is 352 g/mol. The highest BCUT2D eigenvalue weighted by Crippen LogP contribution is 2.15. The van der Waals surface area contributed by atoms with Crippen molar-refractivity contribution < 1.29 is 19.1 Å². The fourth-order valence-electron chi connectivity index (χ4n) is 2.14. The third-order valence-corrected chi connectivity index (χ3v) is 3.58. The SMILES string of the molecule is Cc1cccc(O[C@H](C)C(=O)O[C@@H](C)C(=O)Nc2ccc(C#N)cc2)c1. The van der Waals surface area contributed by atoms with E-state index in [9.17, 15) is 9.59 Å². The number of carbonyl (C=O) groups is 2. The first-order valence-electron chi connectivity index (χ1n) is 8.14. The van der Waals surface area contributed by atoms with Gasteiger partial charge in [-0.05, 0) is 62.7 Å². The molecule has 0 fully saturated rings. The van der Waals surface area contributed by atoms with Crippen molar-refractivity contribution in [1.29, 1.82) is 5.26 Å². The van der Waals surface area contributed by atoms with E-state index in [1.165, 1.54) is 6.92 Å². The third-order valence-electron chi connectivity index (χ3n) is 3.58. The standard InChI is InChI=1S/C20H20N2O4/c1-13-5-4-6-18(11-13)25-15(3)20(24)26-14(2)19(23)22-17-9-7-16(12-21)8-10-17/h4-11,14-15H,1-3H3,(H,22,23)/t14-,15+/m0/s1. The van der Waals surface area contributed by atoms with Crippen molar-refractivity contribution >= 4 is 17.6 Å². The Kier molecular flexibility index (Phi) is 6.34. The molecule has 0 aliphatic heterocycles. The molecule has 134 valence electrons. The maximum absolute atomic E-state index is 12.1. The lowest BCUT2D eigenvalue weighted by molar-refractivity contribution is -0.159. The van der Waals surface area contributed by atoms with Gasteiger partial charge < -0.3 is 14.8 Å². The number of nitriles is 1. The van der Waals surface area contributed by atoms with Crippen LogP contribution in [0.4, 0.5) is 5.69 Å². The first kappa shape index (κ1) is 19.0. The van der Waals surface area contributed by atoms with E-state index in [1.54, 1.807) is 37.3 Å². The van der Waals surface area contributed by atoms with E-state index in [-0.39, 0.29) is 0 Å². The largest absolute Gasteiger partial charge is 0.479 e. The van der Waals surface area contributed by atoms with Crippen molar-refractivity contribution in [2.24, 2.45) is 0 Å². The summed E-state index contributed by atoms with van der Waals surface area (Å²) >= 11 is 0. The van der Waals surface area contributed by atoms with Gasteiger partial charge in [0.05, 0.1) is 11.6 Å². The van der Waals surface area contributed by atoms with Gasteiger partial charge in [-0.2, -0.15) is 5.26 Å². The maximum atomic E-state index is 12.1. The van der Waals surface area contributed by atoms with Crippen molar-refractivity contribution in [3.05, 3.63) is 59.7 Å². The topological polar surface area (TPSA) is 88.4 Å². The summed E-state index contributed by atoms with van der Waals surface area (Å²) in [4.78, 5) is 24.3. The lowest BCUT2D eigenvalue weighted by Gasteiger charge is -2.18. The van der Waals surface area contributed by atoms with Crippen LogP contribution in [0.5, 0.6) is 5.75 Å². The van der Waals surface area contributed by atoms with E-state index in [0.29, 0.717) is 17.0 Å². The second-order valence-electron chi connectivity index (χ2n) is 5.83. The number of nitrogens with zero attached hydrogens (tertiary/aromatic N) is 1. The number of esters is 1. The van der Waals surface area contributed by atoms with Crippen molar-refractivity contribution in [1.82, 2.24) is 0 Å². The van der Waals surface area contributed by atoms with Gasteiger partial charge in [0.25, 0.3) is 5.91 Å². The Hall–Kier alpha value is -3.33. The van der Waals surface area contributed by atoms with Crippen LogP contribution in [0.3, 0.4) is 0 Å². The summed E-state index contributed by atoms with van der Waals surface area (Å²) in [6.07, 6.45) is -1.83. The Balaban J connectivity index is 1.88. The summed E-state index contributed by atoms with van der Waals surface area (Å²) in [5.41, 5.74) is 2.02. The summed E-state index contributed by atoms with van der Waals surface area (Å²) in [6, 6.07) is 15.7. The molecule has 0 saturated heterocycles. The van der Waals surface area contributed by atoms with Crippen LogP contribution in [0.25, 0.3) is 0 Å². The molecule has 26 heavy (non-hydrogen) atoms. The van der Waals surface area contributed by atoms with E-state index in [0.717, 1.165) is 5.56 Å². The minimum atomic E-state index is -0.985. The van der Waals surface area contributed by atoms with E-state index in [1.807, 2.05) is 31.2 Å². The van der Waals surface area contributed by atoms with E-state index in [4.69, 9.17) is 14.7 Å². The minimum Gasteiger partial charge on any atom is -0.479 e. The maximum Gasteiger partial charge on any atom is 0.347 e. The van der Waals surface area contributed by atoms with Gasteiger partial charge in [-0.3, -0.25) is 4.79 Å². The van der Waals surface area contributed by atoms with E-state index < -0.39 is 24.1 Å². The molecule has 6 heteroatoms. The number of rotatable bonds is 6. The molecule has 0 spiro atoms. The predicted molar refractivity (Wildman–Crippen MR) is 96.6 cm³/mol. The molecule has 0 aliphatic rings. The van der Waals surface area contributed by atoms with E-state index >= 15 is 0 Å². The van der Waals surface area contributed by atoms with Gasteiger partial charge >= 0.3 is 5.97 Å². The molecule has 0 unspecified atom stereocenters. The van der Waals surface area contributed by atoms with E-state index in [2.05, 4.69) is 5.32 Å². The zero-order valence-corrected chi connectivity index (χ0v) is 14.9. The van der Waals surface area contributed by atoms with Gasteiger partial charge in [-0.25, -0.2) is 4.79 Å². The lowest BCUT2D eigenvalue weighted by atomic mass is 10.2. The molecule has 2 rings (SSSR count).